The third-order valence-electron chi connectivity index (χ3n) is 1.49. The van der Waals surface area contributed by atoms with Gasteiger partial charge in [-0.25, -0.2) is 8.78 Å². The Labute approximate surface area is 67.0 Å². The summed E-state index contributed by atoms with van der Waals surface area (Å²) in [5, 5.41) is 2.02. The summed E-state index contributed by atoms with van der Waals surface area (Å²) in [4.78, 5) is 10.6. The van der Waals surface area contributed by atoms with Gasteiger partial charge in [-0.3, -0.25) is 15.8 Å². The second kappa shape index (κ2) is 2.61. The molecule has 70 valence electrons. The number of nitrogens with one attached hydrogen (secondary N) is 1. The minimum atomic E-state index is -3.00. The van der Waals surface area contributed by atoms with Crippen LogP contribution in [-0.2, 0) is 9.53 Å². The van der Waals surface area contributed by atoms with Crippen molar-refractivity contribution < 1.29 is 18.3 Å². The van der Waals surface area contributed by atoms with Gasteiger partial charge in [0, 0.05) is 0 Å². The van der Waals surface area contributed by atoms with Crippen molar-refractivity contribution in [2.45, 2.75) is 11.8 Å². The number of carbonyl (C=O) groups excluding carboxylic acids is 1. The van der Waals surface area contributed by atoms with E-state index in [-0.39, 0.29) is 0 Å². The minimum absolute atomic E-state index is 0.716. The predicted molar refractivity (Wildman–Crippen MR) is 35.0 cm³/mol. The van der Waals surface area contributed by atoms with E-state index in [9.17, 15) is 13.6 Å². The van der Waals surface area contributed by atoms with Crippen LogP contribution >= 0.6 is 0 Å². The monoisotopic (exact) mass is 181 g/mol. The van der Waals surface area contributed by atoms with Crippen LogP contribution in [0.25, 0.3) is 0 Å². The number of nitrogens with two attached hydrogens (primary N) is 2. The lowest BCUT2D eigenvalue weighted by Crippen LogP contribution is -2.70. The van der Waals surface area contributed by atoms with Gasteiger partial charge in [-0.1, -0.05) is 0 Å². The predicted octanol–water partition coefficient (Wildman–Crippen LogP) is -1.66. The molecular weight excluding hydrogens is 172 g/mol. The number of amides is 1. The second-order valence-corrected chi connectivity index (χ2v) is 2.60. The molecule has 0 aromatic rings. The Morgan fingerprint density at radius 2 is 2.17 bits per heavy atom. The molecule has 0 aliphatic carbocycles. The smallest absolute Gasteiger partial charge is 0.283 e. The van der Waals surface area contributed by atoms with Crippen molar-refractivity contribution in [1.29, 1.82) is 0 Å². The standard InChI is InChI=1S/C5H9F2N3O2/c6-4(7)1-10-5(9,3(8)11)12-2-4/h10H,1-2,9H2,(H2,8,11). The minimum Gasteiger partial charge on any atom is -0.365 e. The van der Waals surface area contributed by atoms with Crippen LogP contribution in [0.2, 0.25) is 0 Å². The molecule has 0 saturated carbocycles. The summed E-state index contributed by atoms with van der Waals surface area (Å²) in [5.41, 5.74) is 9.98. The van der Waals surface area contributed by atoms with Crippen LogP contribution in [0.1, 0.15) is 0 Å². The first-order valence-corrected chi connectivity index (χ1v) is 3.21. The number of ether oxygens (including phenoxy) is 1. The van der Waals surface area contributed by atoms with Crippen LogP contribution in [0.3, 0.4) is 0 Å². The normalized spacial score (nSPS) is 34.6. The van der Waals surface area contributed by atoms with E-state index < -0.39 is 30.8 Å². The first kappa shape index (κ1) is 9.30. The van der Waals surface area contributed by atoms with Gasteiger partial charge in [0.15, 0.2) is 0 Å². The van der Waals surface area contributed by atoms with Crippen molar-refractivity contribution in [2.24, 2.45) is 11.5 Å². The molecular formula is C5H9F2N3O2. The van der Waals surface area contributed by atoms with Crippen molar-refractivity contribution in [3.8, 4) is 0 Å². The molecule has 0 spiro atoms. The van der Waals surface area contributed by atoms with E-state index in [0.29, 0.717) is 0 Å². The summed E-state index contributed by atoms with van der Waals surface area (Å²) in [5.74, 6) is -5.97. The molecule has 1 saturated heterocycles. The summed E-state index contributed by atoms with van der Waals surface area (Å²) in [6.45, 7) is -1.62. The van der Waals surface area contributed by atoms with Crippen LogP contribution in [0, 0.1) is 0 Å². The average Bonchev–Trinajstić information content (AvgIpc) is 1.96. The zero-order valence-corrected chi connectivity index (χ0v) is 6.14. The Bertz CT molecular complexity index is 199. The molecule has 0 aromatic heterocycles. The number of hydrogen-bond acceptors (Lipinski definition) is 4. The molecule has 1 rings (SSSR count). The highest BCUT2D eigenvalue weighted by molar-refractivity contribution is 5.82. The fraction of sp³-hybridized carbons (Fsp3) is 0.800. The number of carbonyl (C=O) groups is 1. The maximum atomic E-state index is 12.4. The summed E-state index contributed by atoms with van der Waals surface area (Å²) in [6.07, 6.45) is 0. The SMILES string of the molecule is NC(=O)C1(N)NCC(F)(F)CO1. The Morgan fingerprint density at radius 1 is 1.58 bits per heavy atom. The van der Waals surface area contributed by atoms with Gasteiger partial charge in [0.25, 0.3) is 17.7 Å². The summed E-state index contributed by atoms with van der Waals surface area (Å²) in [7, 11) is 0. The first-order valence-electron chi connectivity index (χ1n) is 3.21. The topological polar surface area (TPSA) is 90.4 Å². The highest BCUT2D eigenvalue weighted by Gasteiger charge is 2.45. The van der Waals surface area contributed by atoms with Gasteiger partial charge in [-0.05, 0) is 0 Å². The van der Waals surface area contributed by atoms with Gasteiger partial charge < -0.3 is 10.5 Å². The van der Waals surface area contributed by atoms with E-state index in [1.165, 1.54) is 0 Å². The lowest BCUT2D eigenvalue weighted by Gasteiger charge is -2.35. The molecule has 1 aliphatic heterocycles. The maximum absolute atomic E-state index is 12.4. The van der Waals surface area contributed by atoms with Crippen molar-refractivity contribution in [1.82, 2.24) is 5.32 Å². The lowest BCUT2D eigenvalue weighted by atomic mass is 10.2. The zero-order chi connectivity index (χ0) is 9.41. The molecule has 1 aliphatic rings. The summed E-state index contributed by atoms with van der Waals surface area (Å²) < 4.78 is 29.2. The molecule has 1 unspecified atom stereocenters. The Balaban J connectivity index is 2.62. The van der Waals surface area contributed by atoms with Gasteiger partial charge in [0.1, 0.15) is 6.61 Å². The van der Waals surface area contributed by atoms with Crippen LogP contribution in [0.15, 0.2) is 0 Å². The number of halogens is 2. The van der Waals surface area contributed by atoms with E-state index >= 15 is 0 Å². The third-order valence-corrected chi connectivity index (χ3v) is 1.49. The van der Waals surface area contributed by atoms with Gasteiger partial charge in [-0.2, -0.15) is 0 Å². The van der Waals surface area contributed by atoms with Gasteiger partial charge >= 0.3 is 0 Å². The van der Waals surface area contributed by atoms with E-state index in [2.05, 4.69) is 4.74 Å². The molecule has 1 amide bonds. The van der Waals surface area contributed by atoms with Crippen molar-refractivity contribution in [3.05, 3.63) is 0 Å². The van der Waals surface area contributed by atoms with E-state index in [0.717, 1.165) is 0 Å². The molecule has 0 radical (unpaired) electrons. The number of hydrogen-bond donors (Lipinski definition) is 3. The number of alkyl halides is 2. The van der Waals surface area contributed by atoms with Gasteiger partial charge in [0.05, 0.1) is 6.54 Å². The van der Waals surface area contributed by atoms with E-state index in [4.69, 9.17) is 11.5 Å². The summed E-state index contributed by atoms with van der Waals surface area (Å²) in [6, 6.07) is 0. The molecule has 5 N–H and O–H groups in total. The van der Waals surface area contributed by atoms with E-state index in [1.807, 2.05) is 5.32 Å². The van der Waals surface area contributed by atoms with Crippen LogP contribution < -0.4 is 16.8 Å². The molecule has 1 atom stereocenters. The number of primary amides is 1. The number of rotatable bonds is 1. The first-order chi connectivity index (χ1) is 5.36. The molecule has 0 aromatic carbocycles. The highest BCUT2D eigenvalue weighted by atomic mass is 19.3. The zero-order valence-electron chi connectivity index (χ0n) is 6.14. The maximum Gasteiger partial charge on any atom is 0.283 e. The van der Waals surface area contributed by atoms with Crippen molar-refractivity contribution in [2.75, 3.05) is 13.2 Å². The quantitative estimate of drug-likeness (QED) is 0.451. The fourth-order valence-corrected chi connectivity index (χ4v) is 0.740. The van der Waals surface area contributed by atoms with Crippen LogP contribution in [0.5, 0.6) is 0 Å². The van der Waals surface area contributed by atoms with Crippen LogP contribution in [0.4, 0.5) is 8.78 Å². The van der Waals surface area contributed by atoms with Gasteiger partial charge in [-0.15, -0.1) is 0 Å². The molecule has 1 heterocycles. The molecule has 12 heavy (non-hydrogen) atoms. The molecule has 5 nitrogen and oxygen atoms in total. The van der Waals surface area contributed by atoms with Crippen LogP contribution in [-0.4, -0.2) is 30.8 Å². The van der Waals surface area contributed by atoms with E-state index in [1.54, 1.807) is 0 Å². The third kappa shape index (κ3) is 1.68. The molecule has 0 bridgehead atoms. The van der Waals surface area contributed by atoms with Crippen molar-refractivity contribution in [3.63, 3.8) is 0 Å². The Hall–Kier alpha value is -0.790. The van der Waals surface area contributed by atoms with Crippen molar-refractivity contribution >= 4 is 5.91 Å². The Morgan fingerprint density at radius 3 is 2.50 bits per heavy atom. The molecule has 7 heteroatoms. The average molecular weight is 181 g/mol. The highest BCUT2D eigenvalue weighted by Crippen LogP contribution is 2.19. The van der Waals surface area contributed by atoms with Gasteiger partial charge in [0.2, 0.25) is 0 Å². The second-order valence-electron chi connectivity index (χ2n) is 2.60. The summed E-state index contributed by atoms with van der Waals surface area (Å²) >= 11 is 0. The fourth-order valence-electron chi connectivity index (χ4n) is 0.740. The molecule has 1 fully saturated rings. The lowest BCUT2D eigenvalue weighted by molar-refractivity contribution is -0.195. The Kier molecular flexibility index (Phi) is 2.02. The largest absolute Gasteiger partial charge is 0.365 e.